The maximum atomic E-state index is 12.0. The van der Waals surface area contributed by atoms with E-state index in [2.05, 4.69) is 20.6 Å². The van der Waals surface area contributed by atoms with E-state index in [1.165, 1.54) is 7.11 Å². The van der Waals surface area contributed by atoms with Crippen molar-refractivity contribution in [3.8, 4) is 5.88 Å². The molecule has 0 aliphatic carbocycles. The van der Waals surface area contributed by atoms with Crippen molar-refractivity contribution in [3.63, 3.8) is 0 Å². The molecule has 0 spiro atoms. The highest BCUT2D eigenvalue weighted by molar-refractivity contribution is 6.00. The molecular formula is C20H28N6O3. The van der Waals surface area contributed by atoms with Crippen molar-refractivity contribution in [3.05, 3.63) is 34.9 Å². The molecule has 0 saturated carbocycles. The molecule has 156 valence electrons. The molecule has 1 heterocycles. The number of aromatic nitrogens is 2. The number of nitrogens with zero attached hydrogens (tertiary/aromatic N) is 2. The fourth-order valence-electron chi connectivity index (χ4n) is 3.02. The van der Waals surface area contributed by atoms with Crippen molar-refractivity contribution in [2.24, 2.45) is 17.4 Å². The Bertz CT molecular complexity index is 893. The summed E-state index contributed by atoms with van der Waals surface area (Å²) in [6, 6.07) is 5.17. The molecule has 2 aromatic rings. The van der Waals surface area contributed by atoms with Gasteiger partial charge in [-0.05, 0) is 49.4 Å². The maximum Gasteiger partial charge on any atom is 0.258 e. The quantitative estimate of drug-likeness (QED) is 0.505. The fraction of sp³-hybridized carbons (Fsp3) is 0.400. The zero-order chi connectivity index (χ0) is 21.7. The third kappa shape index (κ3) is 5.81. The van der Waals surface area contributed by atoms with E-state index in [1.807, 2.05) is 45.9 Å². The van der Waals surface area contributed by atoms with Crippen LogP contribution in [-0.4, -0.2) is 34.9 Å². The summed E-state index contributed by atoms with van der Waals surface area (Å²) in [5.74, 6) is -0.778. The first kappa shape index (κ1) is 21.9. The van der Waals surface area contributed by atoms with Crippen LogP contribution >= 0.6 is 0 Å². The van der Waals surface area contributed by atoms with E-state index in [9.17, 15) is 9.59 Å². The molecule has 0 fully saturated rings. The number of anilines is 3. The number of hydrogen-bond donors (Lipinski definition) is 4. The van der Waals surface area contributed by atoms with Crippen LogP contribution in [0.4, 0.5) is 17.5 Å². The Hall–Kier alpha value is -3.36. The van der Waals surface area contributed by atoms with Crippen LogP contribution in [0, 0.1) is 19.8 Å². The number of nitrogens with one attached hydrogen (secondary N) is 2. The normalized spacial score (nSPS) is 11.8. The Kier molecular flexibility index (Phi) is 6.98. The van der Waals surface area contributed by atoms with E-state index in [4.69, 9.17) is 16.2 Å². The number of ether oxygens (including phenoxy) is 1. The van der Waals surface area contributed by atoms with Crippen LogP contribution < -0.4 is 26.8 Å². The Morgan fingerprint density at radius 1 is 1.10 bits per heavy atom. The number of primary amides is 2. The lowest BCUT2D eigenvalue weighted by atomic mass is 10.0. The second-order valence-electron chi connectivity index (χ2n) is 7.37. The Morgan fingerprint density at radius 3 is 2.21 bits per heavy atom. The van der Waals surface area contributed by atoms with Gasteiger partial charge in [0.1, 0.15) is 11.6 Å². The smallest absolute Gasteiger partial charge is 0.258 e. The molecule has 0 saturated heterocycles. The predicted octanol–water partition coefficient (Wildman–Crippen LogP) is 2.26. The van der Waals surface area contributed by atoms with E-state index in [0.717, 1.165) is 16.8 Å². The molecule has 29 heavy (non-hydrogen) atoms. The lowest BCUT2D eigenvalue weighted by molar-refractivity contribution is -0.119. The van der Waals surface area contributed by atoms with Gasteiger partial charge < -0.3 is 26.8 Å². The third-order valence-electron chi connectivity index (χ3n) is 4.15. The molecular weight excluding hydrogens is 372 g/mol. The molecule has 0 aliphatic heterocycles. The monoisotopic (exact) mass is 400 g/mol. The van der Waals surface area contributed by atoms with Gasteiger partial charge in [-0.3, -0.25) is 9.59 Å². The molecule has 9 heteroatoms. The summed E-state index contributed by atoms with van der Waals surface area (Å²) in [7, 11) is 1.37. The van der Waals surface area contributed by atoms with Crippen LogP contribution in [0.3, 0.4) is 0 Å². The average Bonchev–Trinajstić information content (AvgIpc) is 2.58. The molecule has 1 aromatic heterocycles. The van der Waals surface area contributed by atoms with Crippen molar-refractivity contribution in [1.29, 1.82) is 0 Å². The summed E-state index contributed by atoms with van der Waals surface area (Å²) in [4.78, 5) is 32.4. The standard InChI is InChI=1S/C20H28N6O3/c1-10(2)6-14(16(21)27)24-20-25-18(15(17(22)28)19(26-20)29-5)23-13-8-11(3)7-12(4)9-13/h7-10,14H,6H2,1-5H3,(H2,21,27)(H2,22,28)(H2,23,24,25,26). The summed E-state index contributed by atoms with van der Waals surface area (Å²) in [5, 5.41) is 6.04. The minimum absolute atomic E-state index is 0.00496. The highest BCUT2D eigenvalue weighted by Gasteiger charge is 2.23. The van der Waals surface area contributed by atoms with Gasteiger partial charge in [0, 0.05) is 5.69 Å². The van der Waals surface area contributed by atoms with E-state index in [1.54, 1.807) is 0 Å². The average molecular weight is 400 g/mol. The van der Waals surface area contributed by atoms with Gasteiger partial charge in [-0.2, -0.15) is 9.97 Å². The van der Waals surface area contributed by atoms with Crippen LogP contribution in [-0.2, 0) is 4.79 Å². The highest BCUT2D eigenvalue weighted by Crippen LogP contribution is 2.28. The van der Waals surface area contributed by atoms with Gasteiger partial charge in [-0.1, -0.05) is 19.9 Å². The SMILES string of the molecule is COc1nc(NC(CC(C)C)C(N)=O)nc(Nc2cc(C)cc(C)c2)c1C(N)=O. The van der Waals surface area contributed by atoms with Gasteiger partial charge in [-0.15, -0.1) is 0 Å². The first-order valence-corrected chi connectivity index (χ1v) is 9.27. The molecule has 1 aromatic carbocycles. The summed E-state index contributed by atoms with van der Waals surface area (Å²) < 4.78 is 5.25. The summed E-state index contributed by atoms with van der Waals surface area (Å²) >= 11 is 0. The van der Waals surface area contributed by atoms with Gasteiger partial charge in [0.15, 0.2) is 5.82 Å². The molecule has 2 rings (SSSR count). The van der Waals surface area contributed by atoms with Gasteiger partial charge in [0.05, 0.1) is 7.11 Å². The van der Waals surface area contributed by atoms with E-state index >= 15 is 0 Å². The first-order chi connectivity index (χ1) is 13.6. The number of carbonyl (C=O) groups excluding carboxylic acids is 2. The number of benzene rings is 1. The van der Waals surface area contributed by atoms with E-state index in [0.29, 0.717) is 6.42 Å². The molecule has 0 aliphatic rings. The van der Waals surface area contributed by atoms with Gasteiger partial charge in [-0.25, -0.2) is 0 Å². The highest BCUT2D eigenvalue weighted by atomic mass is 16.5. The van der Waals surface area contributed by atoms with Crippen molar-refractivity contribution < 1.29 is 14.3 Å². The number of carbonyl (C=O) groups is 2. The second-order valence-corrected chi connectivity index (χ2v) is 7.37. The summed E-state index contributed by atoms with van der Waals surface area (Å²) in [5.41, 5.74) is 13.9. The van der Waals surface area contributed by atoms with E-state index < -0.39 is 17.9 Å². The van der Waals surface area contributed by atoms with Crippen molar-refractivity contribution in [2.75, 3.05) is 17.7 Å². The largest absolute Gasteiger partial charge is 0.480 e. The van der Waals surface area contributed by atoms with Gasteiger partial charge in [0.25, 0.3) is 5.91 Å². The number of aryl methyl sites for hydroxylation is 2. The number of amides is 2. The van der Waals surface area contributed by atoms with Crippen LogP contribution in [0.25, 0.3) is 0 Å². The van der Waals surface area contributed by atoms with Crippen LogP contribution in [0.5, 0.6) is 5.88 Å². The number of rotatable bonds is 9. The Labute approximate surface area is 170 Å². The van der Waals surface area contributed by atoms with Crippen LogP contribution in [0.15, 0.2) is 18.2 Å². The third-order valence-corrected chi connectivity index (χ3v) is 4.15. The minimum Gasteiger partial charge on any atom is -0.480 e. The van der Waals surface area contributed by atoms with Gasteiger partial charge >= 0.3 is 0 Å². The van der Waals surface area contributed by atoms with Crippen molar-refractivity contribution >= 4 is 29.3 Å². The molecule has 2 amide bonds. The summed E-state index contributed by atoms with van der Waals surface area (Å²) in [6.45, 7) is 7.87. The van der Waals surface area contributed by atoms with Crippen LogP contribution in [0.1, 0.15) is 41.8 Å². The maximum absolute atomic E-state index is 12.0. The lowest BCUT2D eigenvalue weighted by Crippen LogP contribution is -2.37. The lowest BCUT2D eigenvalue weighted by Gasteiger charge is -2.19. The number of nitrogens with two attached hydrogens (primary N) is 2. The minimum atomic E-state index is -0.742. The summed E-state index contributed by atoms with van der Waals surface area (Å²) in [6.07, 6.45) is 0.498. The zero-order valence-corrected chi connectivity index (χ0v) is 17.4. The number of methoxy groups -OCH3 is 1. The molecule has 1 unspecified atom stereocenters. The van der Waals surface area contributed by atoms with Crippen molar-refractivity contribution in [1.82, 2.24) is 9.97 Å². The molecule has 6 N–H and O–H groups in total. The first-order valence-electron chi connectivity index (χ1n) is 9.27. The zero-order valence-electron chi connectivity index (χ0n) is 17.4. The molecule has 1 atom stereocenters. The molecule has 0 radical (unpaired) electrons. The second kappa shape index (κ2) is 9.22. The molecule has 0 bridgehead atoms. The Morgan fingerprint density at radius 2 is 1.72 bits per heavy atom. The van der Waals surface area contributed by atoms with Gasteiger partial charge in [0.2, 0.25) is 17.7 Å². The fourth-order valence-corrected chi connectivity index (χ4v) is 3.02. The van der Waals surface area contributed by atoms with E-state index in [-0.39, 0.29) is 29.1 Å². The Balaban J connectivity index is 2.50. The van der Waals surface area contributed by atoms with Crippen LogP contribution in [0.2, 0.25) is 0 Å². The van der Waals surface area contributed by atoms with Crippen molar-refractivity contribution in [2.45, 2.75) is 40.2 Å². The topological polar surface area (TPSA) is 145 Å². The molecule has 9 nitrogen and oxygen atoms in total. The predicted molar refractivity (Wildman–Crippen MR) is 112 cm³/mol. The number of hydrogen-bond acceptors (Lipinski definition) is 7.